The predicted molar refractivity (Wildman–Crippen MR) is 63.5 cm³/mol. The molecule has 1 heterocycles. The first-order chi connectivity index (χ1) is 8.15. The Morgan fingerprint density at radius 1 is 1.53 bits per heavy atom. The second-order valence-corrected chi connectivity index (χ2v) is 4.11. The molecule has 0 radical (unpaired) electrons. The van der Waals surface area contributed by atoms with Crippen LogP contribution in [0.3, 0.4) is 0 Å². The lowest BCUT2D eigenvalue weighted by molar-refractivity contribution is -0.146. The van der Waals surface area contributed by atoms with Gasteiger partial charge in [0.05, 0.1) is 13.2 Å². The van der Waals surface area contributed by atoms with Crippen molar-refractivity contribution in [1.29, 1.82) is 0 Å². The minimum Gasteiger partial charge on any atom is -0.366 e. The summed E-state index contributed by atoms with van der Waals surface area (Å²) in [4.78, 5) is 24.7. The lowest BCUT2D eigenvalue weighted by Crippen LogP contribution is -2.50. The second kappa shape index (κ2) is 7.24. The van der Waals surface area contributed by atoms with Gasteiger partial charge in [-0.2, -0.15) is 0 Å². The first-order valence-corrected chi connectivity index (χ1v) is 5.99. The van der Waals surface area contributed by atoms with E-state index in [1.54, 1.807) is 7.05 Å². The van der Waals surface area contributed by atoms with Gasteiger partial charge in [0.15, 0.2) is 0 Å². The van der Waals surface area contributed by atoms with Gasteiger partial charge in [0.2, 0.25) is 5.91 Å². The zero-order chi connectivity index (χ0) is 12.7. The summed E-state index contributed by atoms with van der Waals surface area (Å²) >= 11 is 0. The maximum Gasteiger partial charge on any atom is 0.253 e. The smallest absolute Gasteiger partial charge is 0.253 e. The molecule has 1 aliphatic heterocycles. The van der Waals surface area contributed by atoms with Crippen LogP contribution in [0.15, 0.2) is 0 Å². The van der Waals surface area contributed by atoms with Crippen LogP contribution in [-0.2, 0) is 14.3 Å². The molecule has 0 aliphatic carbocycles. The Labute approximate surface area is 102 Å². The van der Waals surface area contributed by atoms with Crippen molar-refractivity contribution in [3.63, 3.8) is 0 Å². The van der Waals surface area contributed by atoms with E-state index in [0.29, 0.717) is 19.7 Å². The SMILES string of the molecule is CCCNC(=O)CN(C)C(=O)C1CNCCO1. The molecule has 1 aliphatic rings. The van der Waals surface area contributed by atoms with Crippen molar-refractivity contribution in [2.24, 2.45) is 0 Å². The number of rotatable bonds is 5. The molecule has 1 atom stereocenters. The zero-order valence-electron chi connectivity index (χ0n) is 10.5. The fourth-order valence-electron chi connectivity index (χ4n) is 1.58. The van der Waals surface area contributed by atoms with E-state index in [-0.39, 0.29) is 18.4 Å². The predicted octanol–water partition coefficient (Wildman–Crippen LogP) is -1.04. The molecule has 17 heavy (non-hydrogen) atoms. The number of carbonyl (C=O) groups is 2. The molecule has 98 valence electrons. The molecule has 1 unspecified atom stereocenters. The molecule has 0 aromatic rings. The highest BCUT2D eigenvalue weighted by Crippen LogP contribution is 2.00. The normalized spacial score (nSPS) is 19.8. The lowest BCUT2D eigenvalue weighted by atomic mass is 10.2. The summed E-state index contributed by atoms with van der Waals surface area (Å²) in [6.07, 6.45) is 0.423. The molecule has 6 nitrogen and oxygen atoms in total. The van der Waals surface area contributed by atoms with Gasteiger partial charge in [0.1, 0.15) is 6.10 Å². The van der Waals surface area contributed by atoms with Crippen LogP contribution >= 0.6 is 0 Å². The van der Waals surface area contributed by atoms with E-state index < -0.39 is 6.10 Å². The summed E-state index contributed by atoms with van der Waals surface area (Å²) in [5, 5.41) is 5.82. The maximum atomic E-state index is 11.9. The van der Waals surface area contributed by atoms with Crippen LogP contribution in [0.5, 0.6) is 0 Å². The van der Waals surface area contributed by atoms with Crippen molar-refractivity contribution in [2.45, 2.75) is 19.4 Å². The van der Waals surface area contributed by atoms with Gasteiger partial charge < -0.3 is 20.3 Å². The molecular formula is C11H21N3O3. The topological polar surface area (TPSA) is 70.7 Å². The monoisotopic (exact) mass is 243 g/mol. The summed E-state index contributed by atoms with van der Waals surface area (Å²) in [7, 11) is 1.62. The van der Waals surface area contributed by atoms with Crippen molar-refractivity contribution < 1.29 is 14.3 Å². The number of hydrogen-bond acceptors (Lipinski definition) is 4. The quantitative estimate of drug-likeness (QED) is 0.647. The van der Waals surface area contributed by atoms with E-state index >= 15 is 0 Å². The third-order valence-corrected chi connectivity index (χ3v) is 2.53. The number of ether oxygens (including phenoxy) is 1. The standard InChI is InChI=1S/C11H21N3O3/c1-3-4-13-10(15)8-14(2)11(16)9-7-12-5-6-17-9/h9,12H,3-8H2,1-2H3,(H,13,15). The number of likely N-dealkylation sites (N-methyl/N-ethyl adjacent to an activating group) is 1. The van der Waals surface area contributed by atoms with Gasteiger partial charge in [0.25, 0.3) is 5.91 Å². The van der Waals surface area contributed by atoms with Crippen molar-refractivity contribution in [1.82, 2.24) is 15.5 Å². The van der Waals surface area contributed by atoms with E-state index in [2.05, 4.69) is 10.6 Å². The second-order valence-electron chi connectivity index (χ2n) is 4.11. The van der Waals surface area contributed by atoms with E-state index in [9.17, 15) is 9.59 Å². The Balaban J connectivity index is 2.32. The highest BCUT2D eigenvalue weighted by molar-refractivity contribution is 5.87. The van der Waals surface area contributed by atoms with Crippen LogP contribution in [0, 0.1) is 0 Å². The number of nitrogens with one attached hydrogen (secondary N) is 2. The van der Waals surface area contributed by atoms with Crippen LogP contribution in [0.1, 0.15) is 13.3 Å². The molecule has 0 bridgehead atoms. The van der Waals surface area contributed by atoms with Crippen LogP contribution in [0.4, 0.5) is 0 Å². The molecule has 2 N–H and O–H groups in total. The molecule has 6 heteroatoms. The Morgan fingerprint density at radius 3 is 2.88 bits per heavy atom. The van der Waals surface area contributed by atoms with Crippen molar-refractivity contribution >= 4 is 11.8 Å². The van der Waals surface area contributed by atoms with Crippen LogP contribution in [0.2, 0.25) is 0 Å². The number of amides is 2. The molecule has 1 rings (SSSR count). The molecule has 1 fully saturated rings. The zero-order valence-corrected chi connectivity index (χ0v) is 10.5. The van der Waals surface area contributed by atoms with Crippen molar-refractivity contribution in [3.8, 4) is 0 Å². The van der Waals surface area contributed by atoms with Crippen LogP contribution in [-0.4, -0.2) is 62.7 Å². The summed E-state index contributed by atoms with van der Waals surface area (Å²) in [6, 6.07) is 0. The number of nitrogens with zero attached hydrogens (tertiary/aromatic N) is 1. The van der Waals surface area contributed by atoms with Crippen LogP contribution in [0.25, 0.3) is 0 Å². The number of carbonyl (C=O) groups excluding carboxylic acids is 2. The van der Waals surface area contributed by atoms with Gasteiger partial charge >= 0.3 is 0 Å². The van der Waals surface area contributed by atoms with Crippen molar-refractivity contribution in [3.05, 3.63) is 0 Å². The third-order valence-electron chi connectivity index (χ3n) is 2.53. The number of morpholine rings is 1. The summed E-state index contributed by atoms with van der Waals surface area (Å²) in [5.74, 6) is -0.282. The summed E-state index contributed by atoms with van der Waals surface area (Å²) in [5.41, 5.74) is 0. The Bertz CT molecular complexity index is 265. The average molecular weight is 243 g/mol. The Morgan fingerprint density at radius 2 is 2.29 bits per heavy atom. The van der Waals surface area contributed by atoms with Gasteiger partial charge in [-0.3, -0.25) is 9.59 Å². The molecule has 0 spiro atoms. The molecule has 1 saturated heterocycles. The van der Waals surface area contributed by atoms with E-state index in [4.69, 9.17) is 4.74 Å². The highest BCUT2D eigenvalue weighted by Gasteiger charge is 2.25. The van der Waals surface area contributed by atoms with Gasteiger partial charge in [-0.15, -0.1) is 0 Å². The first kappa shape index (κ1) is 13.9. The largest absolute Gasteiger partial charge is 0.366 e. The van der Waals surface area contributed by atoms with Gasteiger partial charge in [0, 0.05) is 26.7 Å². The minimum atomic E-state index is -0.465. The van der Waals surface area contributed by atoms with E-state index in [0.717, 1.165) is 13.0 Å². The Hall–Kier alpha value is -1.14. The van der Waals surface area contributed by atoms with E-state index in [1.165, 1.54) is 4.90 Å². The average Bonchev–Trinajstić information content (AvgIpc) is 2.36. The first-order valence-electron chi connectivity index (χ1n) is 5.99. The maximum absolute atomic E-state index is 11.9. The number of hydrogen-bond donors (Lipinski definition) is 2. The molecule has 0 aromatic heterocycles. The van der Waals surface area contributed by atoms with Crippen molar-refractivity contribution in [2.75, 3.05) is 39.8 Å². The Kier molecular flexibility index (Phi) is 5.93. The van der Waals surface area contributed by atoms with Gasteiger partial charge in [-0.1, -0.05) is 6.92 Å². The summed E-state index contributed by atoms with van der Waals surface area (Å²) in [6.45, 7) is 4.52. The summed E-state index contributed by atoms with van der Waals surface area (Å²) < 4.78 is 5.34. The van der Waals surface area contributed by atoms with Crippen LogP contribution < -0.4 is 10.6 Å². The highest BCUT2D eigenvalue weighted by atomic mass is 16.5. The van der Waals surface area contributed by atoms with Gasteiger partial charge in [-0.05, 0) is 6.42 Å². The third kappa shape index (κ3) is 4.70. The van der Waals surface area contributed by atoms with E-state index in [1.807, 2.05) is 6.92 Å². The minimum absolute atomic E-state index is 0.0820. The molecule has 0 aromatic carbocycles. The fourth-order valence-corrected chi connectivity index (χ4v) is 1.58. The lowest BCUT2D eigenvalue weighted by Gasteiger charge is -2.26. The molecule has 0 saturated carbocycles. The van der Waals surface area contributed by atoms with Gasteiger partial charge in [-0.25, -0.2) is 0 Å². The molecular weight excluding hydrogens is 222 g/mol. The molecule has 2 amide bonds. The fraction of sp³-hybridized carbons (Fsp3) is 0.818.